The van der Waals surface area contributed by atoms with Crippen molar-refractivity contribution in [3.63, 3.8) is 0 Å². The van der Waals surface area contributed by atoms with Crippen molar-refractivity contribution < 1.29 is 0 Å². The van der Waals surface area contributed by atoms with E-state index in [1.165, 1.54) is 0 Å². The highest BCUT2D eigenvalue weighted by Gasteiger charge is 1.94. The minimum Gasteiger partial charge on any atom is -0.366 e. The molecule has 4 nitrogen and oxygen atoms in total. The van der Waals surface area contributed by atoms with E-state index in [4.69, 9.17) is 5.73 Å². The van der Waals surface area contributed by atoms with E-state index in [-0.39, 0.29) is 0 Å². The van der Waals surface area contributed by atoms with Gasteiger partial charge in [0.15, 0.2) is 0 Å². The van der Waals surface area contributed by atoms with Crippen LogP contribution >= 0.6 is 0 Å². The molecule has 58 valence electrons. The monoisotopic (exact) mass is 142 g/mol. The maximum Gasteiger partial charge on any atom is 0.239 e. The molecule has 2 N–H and O–H groups in total. The van der Waals surface area contributed by atoms with E-state index in [9.17, 15) is 0 Å². The summed E-state index contributed by atoms with van der Waals surface area (Å²) in [6.07, 6.45) is 0. The molecule has 0 radical (unpaired) electrons. The van der Waals surface area contributed by atoms with Crippen LogP contribution in [0.25, 0.3) is 0 Å². The van der Waals surface area contributed by atoms with E-state index in [2.05, 4.69) is 10.1 Å². The zero-order valence-corrected chi connectivity index (χ0v) is 6.92. The van der Waals surface area contributed by atoms with Gasteiger partial charge in [0.1, 0.15) is 5.82 Å². The predicted molar refractivity (Wildman–Crippen MR) is 41.5 cm³/mol. The van der Waals surface area contributed by atoms with Crippen molar-refractivity contribution >= 4 is 5.95 Å². The third-order valence-corrected chi connectivity index (χ3v) is 0.997. The van der Waals surface area contributed by atoms with Crippen LogP contribution in [-0.2, 0) is 7.05 Å². The van der Waals surface area contributed by atoms with Crippen LogP contribution in [0.1, 0.15) is 19.7 Å². The van der Waals surface area contributed by atoms with Crippen molar-refractivity contribution in [2.45, 2.75) is 20.8 Å². The Bertz CT molecular complexity index is 172. The standard InChI is InChI=1S/C4H8N4.C2H6/c1-3-6-4(5)7-8(3)2;1-2/h1-2H3,(H2,5,7);1-2H3. The van der Waals surface area contributed by atoms with Crippen LogP contribution in [0.3, 0.4) is 0 Å². The Labute approximate surface area is 61.1 Å². The van der Waals surface area contributed by atoms with E-state index in [0.717, 1.165) is 5.82 Å². The van der Waals surface area contributed by atoms with Gasteiger partial charge in [-0.1, -0.05) is 13.8 Å². The molecule has 4 heteroatoms. The van der Waals surface area contributed by atoms with E-state index < -0.39 is 0 Å². The van der Waals surface area contributed by atoms with Gasteiger partial charge in [-0.3, -0.25) is 4.68 Å². The molecule has 0 unspecified atom stereocenters. The van der Waals surface area contributed by atoms with Crippen LogP contribution < -0.4 is 5.73 Å². The van der Waals surface area contributed by atoms with Crippen molar-refractivity contribution in [1.29, 1.82) is 0 Å². The highest BCUT2D eigenvalue weighted by Crippen LogP contribution is 1.92. The first kappa shape index (κ1) is 8.94. The molecule has 0 amide bonds. The number of anilines is 1. The van der Waals surface area contributed by atoms with Gasteiger partial charge < -0.3 is 5.73 Å². The third-order valence-electron chi connectivity index (χ3n) is 0.997. The average Bonchev–Trinajstić information content (AvgIpc) is 2.16. The number of nitrogens with two attached hydrogens (primary N) is 1. The Balaban J connectivity index is 0.000000371. The molecule has 0 aliphatic heterocycles. The molecule has 1 rings (SSSR count). The van der Waals surface area contributed by atoms with E-state index in [1.54, 1.807) is 11.7 Å². The van der Waals surface area contributed by atoms with Crippen molar-refractivity contribution in [1.82, 2.24) is 14.8 Å². The fraction of sp³-hybridized carbons (Fsp3) is 0.667. The van der Waals surface area contributed by atoms with Crippen LogP contribution in [0, 0.1) is 6.92 Å². The fourth-order valence-electron chi connectivity index (χ4n) is 0.487. The van der Waals surface area contributed by atoms with E-state index >= 15 is 0 Å². The lowest BCUT2D eigenvalue weighted by molar-refractivity contribution is 0.737. The van der Waals surface area contributed by atoms with Crippen molar-refractivity contribution in [3.05, 3.63) is 5.82 Å². The van der Waals surface area contributed by atoms with Crippen LogP contribution in [0.4, 0.5) is 5.95 Å². The molecule has 0 spiro atoms. The molecule has 0 saturated carbocycles. The first-order valence-electron chi connectivity index (χ1n) is 3.33. The molecule has 1 heterocycles. The average molecular weight is 142 g/mol. The zero-order chi connectivity index (χ0) is 8.15. The van der Waals surface area contributed by atoms with Gasteiger partial charge in [0.05, 0.1) is 0 Å². The number of hydrogen-bond acceptors (Lipinski definition) is 3. The van der Waals surface area contributed by atoms with Gasteiger partial charge in [-0.2, -0.15) is 4.98 Å². The Hall–Kier alpha value is -1.06. The van der Waals surface area contributed by atoms with Gasteiger partial charge in [-0.05, 0) is 6.92 Å². The lowest BCUT2D eigenvalue weighted by Crippen LogP contribution is -1.93. The van der Waals surface area contributed by atoms with Gasteiger partial charge in [-0.25, -0.2) is 0 Å². The van der Waals surface area contributed by atoms with Crippen molar-refractivity contribution in [2.75, 3.05) is 5.73 Å². The Morgan fingerprint density at radius 1 is 1.40 bits per heavy atom. The lowest BCUT2D eigenvalue weighted by Gasteiger charge is -1.84. The quantitative estimate of drug-likeness (QED) is 0.581. The van der Waals surface area contributed by atoms with Crippen molar-refractivity contribution in [2.24, 2.45) is 7.05 Å². The molecule has 10 heavy (non-hydrogen) atoms. The number of aryl methyl sites for hydroxylation is 2. The fourth-order valence-corrected chi connectivity index (χ4v) is 0.487. The predicted octanol–water partition coefficient (Wildman–Crippen LogP) is 0.732. The number of nitrogen functional groups attached to an aromatic ring is 1. The Kier molecular flexibility index (Phi) is 3.46. The maximum absolute atomic E-state index is 5.24. The van der Waals surface area contributed by atoms with Gasteiger partial charge >= 0.3 is 0 Å². The van der Waals surface area contributed by atoms with Crippen molar-refractivity contribution in [3.8, 4) is 0 Å². The van der Waals surface area contributed by atoms with Crippen LogP contribution in [0.2, 0.25) is 0 Å². The Morgan fingerprint density at radius 2 is 1.90 bits per heavy atom. The summed E-state index contributed by atoms with van der Waals surface area (Å²) in [5, 5.41) is 3.79. The summed E-state index contributed by atoms with van der Waals surface area (Å²) in [5.41, 5.74) is 5.24. The summed E-state index contributed by atoms with van der Waals surface area (Å²) in [6.45, 7) is 5.85. The molecule has 0 aromatic carbocycles. The van der Waals surface area contributed by atoms with Crippen LogP contribution in [0.5, 0.6) is 0 Å². The summed E-state index contributed by atoms with van der Waals surface area (Å²) in [5.74, 6) is 1.17. The topological polar surface area (TPSA) is 56.7 Å². The molecule has 0 saturated heterocycles. The van der Waals surface area contributed by atoms with Gasteiger partial charge in [0.25, 0.3) is 0 Å². The molecule has 0 fully saturated rings. The smallest absolute Gasteiger partial charge is 0.239 e. The molecule has 1 aromatic rings. The second-order valence-electron chi connectivity index (χ2n) is 1.64. The van der Waals surface area contributed by atoms with Gasteiger partial charge in [-0.15, -0.1) is 5.10 Å². The van der Waals surface area contributed by atoms with Crippen LogP contribution in [0.15, 0.2) is 0 Å². The molecule has 0 aliphatic carbocycles. The minimum atomic E-state index is 0.338. The number of aromatic nitrogens is 3. The molecule has 1 aromatic heterocycles. The van der Waals surface area contributed by atoms with Gasteiger partial charge in [0, 0.05) is 7.05 Å². The summed E-state index contributed by atoms with van der Waals surface area (Å²) in [4.78, 5) is 3.84. The maximum atomic E-state index is 5.24. The highest BCUT2D eigenvalue weighted by atomic mass is 15.4. The SMILES string of the molecule is CC.Cc1nc(N)nn1C. The number of hydrogen-bond donors (Lipinski definition) is 1. The summed E-state index contributed by atoms with van der Waals surface area (Å²) in [6, 6.07) is 0. The minimum absolute atomic E-state index is 0.338. The molecular formula is C6H14N4. The molecule has 0 bridgehead atoms. The normalized spacial score (nSPS) is 8.40. The van der Waals surface area contributed by atoms with Crippen LogP contribution in [-0.4, -0.2) is 14.8 Å². The molecule has 0 aliphatic rings. The largest absolute Gasteiger partial charge is 0.366 e. The third kappa shape index (κ3) is 2.05. The van der Waals surface area contributed by atoms with Gasteiger partial charge in [0.2, 0.25) is 5.95 Å². The number of nitrogens with zero attached hydrogens (tertiary/aromatic N) is 3. The molecule has 0 atom stereocenters. The molecular weight excluding hydrogens is 128 g/mol. The number of rotatable bonds is 0. The summed E-state index contributed by atoms with van der Waals surface area (Å²) in [7, 11) is 1.80. The lowest BCUT2D eigenvalue weighted by atomic mass is 10.7. The van der Waals surface area contributed by atoms with E-state index in [1.807, 2.05) is 20.8 Å². The zero-order valence-electron chi connectivity index (χ0n) is 6.92. The second kappa shape index (κ2) is 3.87. The Morgan fingerprint density at radius 3 is 2.00 bits per heavy atom. The summed E-state index contributed by atoms with van der Waals surface area (Å²) >= 11 is 0. The highest BCUT2D eigenvalue weighted by molar-refractivity contribution is 5.12. The van der Waals surface area contributed by atoms with E-state index in [0.29, 0.717) is 5.95 Å². The summed E-state index contributed by atoms with van der Waals surface area (Å²) < 4.78 is 1.63. The first-order chi connectivity index (χ1) is 4.70. The second-order valence-corrected chi connectivity index (χ2v) is 1.64. The first-order valence-corrected chi connectivity index (χ1v) is 3.33.